The smallest absolute Gasteiger partial charge is 0.307 e. The van der Waals surface area contributed by atoms with E-state index in [-0.39, 0.29) is 11.8 Å². The molecule has 0 aromatic heterocycles. The van der Waals surface area contributed by atoms with Gasteiger partial charge in [-0.15, -0.1) is 0 Å². The molecule has 0 aliphatic rings. The fraction of sp³-hybridized carbons (Fsp3) is 0.333. The zero-order valence-electron chi connectivity index (χ0n) is 15.2. The highest BCUT2D eigenvalue weighted by Crippen LogP contribution is 2.22. The van der Waals surface area contributed by atoms with Gasteiger partial charge in [0, 0.05) is 0 Å². The van der Waals surface area contributed by atoms with Crippen LogP contribution in [-0.2, 0) is 28.1 Å². The van der Waals surface area contributed by atoms with Gasteiger partial charge in [-0.05, 0) is 34.6 Å². The predicted molar refractivity (Wildman–Crippen MR) is 99.9 cm³/mol. The number of carboxylic acids is 1. The van der Waals surface area contributed by atoms with Crippen molar-refractivity contribution in [2.24, 2.45) is 5.16 Å². The summed E-state index contributed by atoms with van der Waals surface area (Å²) in [5.41, 5.74) is 5.00. The van der Waals surface area contributed by atoms with Crippen molar-refractivity contribution in [3.8, 4) is 0 Å². The Labute approximate surface area is 149 Å². The largest absolute Gasteiger partial charge is 0.481 e. The van der Waals surface area contributed by atoms with Crippen LogP contribution < -0.4 is 0 Å². The molecular weight excluding hydrogens is 314 g/mol. The number of aliphatic carboxylic acids is 1. The van der Waals surface area contributed by atoms with Crippen molar-refractivity contribution < 1.29 is 14.7 Å². The lowest BCUT2D eigenvalue weighted by molar-refractivity contribution is -0.136. The molecule has 4 nitrogen and oxygen atoms in total. The van der Waals surface area contributed by atoms with Crippen molar-refractivity contribution in [1.29, 1.82) is 0 Å². The monoisotopic (exact) mass is 339 g/mol. The van der Waals surface area contributed by atoms with E-state index in [0.717, 1.165) is 22.4 Å². The molecule has 0 aliphatic carbocycles. The van der Waals surface area contributed by atoms with Crippen LogP contribution >= 0.6 is 0 Å². The SMILES string of the molecule is CC(=NOCc1ccc(CC(=O)O)cc1)c1ccc(C(C)(C)C)cc1. The number of hydrogen-bond acceptors (Lipinski definition) is 3. The van der Waals surface area contributed by atoms with Crippen LogP contribution in [0.3, 0.4) is 0 Å². The van der Waals surface area contributed by atoms with Gasteiger partial charge in [0.25, 0.3) is 0 Å². The van der Waals surface area contributed by atoms with Crippen LogP contribution in [0.15, 0.2) is 53.7 Å². The van der Waals surface area contributed by atoms with E-state index < -0.39 is 5.97 Å². The second-order valence-electron chi connectivity index (χ2n) is 7.16. The van der Waals surface area contributed by atoms with Crippen LogP contribution in [-0.4, -0.2) is 16.8 Å². The van der Waals surface area contributed by atoms with E-state index in [1.165, 1.54) is 5.56 Å². The van der Waals surface area contributed by atoms with Gasteiger partial charge < -0.3 is 9.94 Å². The first kappa shape index (κ1) is 18.7. The van der Waals surface area contributed by atoms with Gasteiger partial charge in [0.1, 0.15) is 6.61 Å². The van der Waals surface area contributed by atoms with Crippen LogP contribution in [0.2, 0.25) is 0 Å². The number of nitrogens with zero attached hydrogens (tertiary/aromatic N) is 1. The lowest BCUT2D eigenvalue weighted by Crippen LogP contribution is -2.11. The summed E-state index contributed by atoms with van der Waals surface area (Å²) in [7, 11) is 0. The molecule has 0 atom stereocenters. The Bertz CT molecular complexity index is 738. The van der Waals surface area contributed by atoms with Gasteiger partial charge >= 0.3 is 5.97 Å². The Morgan fingerprint density at radius 2 is 1.56 bits per heavy atom. The summed E-state index contributed by atoms with van der Waals surface area (Å²) in [6.07, 6.45) is 0.0307. The average Bonchev–Trinajstić information content (AvgIpc) is 2.55. The van der Waals surface area contributed by atoms with Crippen LogP contribution in [0.5, 0.6) is 0 Å². The minimum Gasteiger partial charge on any atom is -0.481 e. The van der Waals surface area contributed by atoms with E-state index >= 15 is 0 Å². The van der Waals surface area contributed by atoms with E-state index in [2.05, 4.69) is 50.2 Å². The third-order valence-electron chi connectivity index (χ3n) is 3.98. The quantitative estimate of drug-likeness (QED) is 0.620. The first-order valence-corrected chi connectivity index (χ1v) is 8.33. The zero-order valence-corrected chi connectivity index (χ0v) is 15.2. The second-order valence-corrected chi connectivity index (χ2v) is 7.16. The van der Waals surface area contributed by atoms with Gasteiger partial charge in [-0.1, -0.05) is 74.5 Å². The van der Waals surface area contributed by atoms with E-state index in [1.807, 2.05) is 19.1 Å². The zero-order chi connectivity index (χ0) is 18.4. The van der Waals surface area contributed by atoms with Crippen molar-refractivity contribution in [2.45, 2.75) is 46.1 Å². The summed E-state index contributed by atoms with van der Waals surface area (Å²) < 4.78 is 0. The predicted octanol–water partition coefficient (Wildman–Crippen LogP) is 4.55. The molecule has 0 spiro atoms. The molecule has 1 N–H and O–H groups in total. The summed E-state index contributed by atoms with van der Waals surface area (Å²) in [6.45, 7) is 8.84. The molecule has 0 amide bonds. The first-order chi connectivity index (χ1) is 11.8. The Hall–Kier alpha value is -2.62. The summed E-state index contributed by atoms with van der Waals surface area (Å²) in [5.74, 6) is -0.832. The summed E-state index contributed by atoms with van der Waals surface area (Å²) in [4.78, 5) is 16.1. The van der Waals surface area contributed by atoms with E-state index in [0.29, 0.717) is 6.61 Å². The number of carbonyl (C=O) groups is 1. The molecule has 0 aliphatic heterocycles. The van der Waals surface area contributed by atoms with Gasteiger partial charge in [0.05, 0.1) is 12.1 Å². The minimum atomic E-state index is -0.832. The van der Waals surface area contributed by atoms with Crippen molar-refractivity contribution in [1.82, 2.24) is 0 Å². The van der Waals surface area contributed by atoms with Crippen molar-refractivity contribution in [2.75, 3.05) is 0 Å². The third-order valence-corrected chi connectivity index (χ3v) is 3.98. The Kier molecular flexibility index (Phi) is 5.97. The topological polar surface area (TPSA) is 58.9 Å². The normalized spacial score (nSPS) is 12.1. The van der Waals surface area contributed by atoms with Gasteiger partial charge in [0.15, 0.2) is 0 Å². The second kappa shape index (κ2) is 7.97. The van der Waals surface area contributed by atoms with Crippen molar-refractivity contribution in [3.63, 3.8) is 0 Å². The Morgan fingerprint density at radius 3 is 2.08 bits per heavy atom. The molecule has 4 heteroatoms. The van der Waals surface area contributed by atoms with Crippen LogP contribution in [0.1, 0.15) is 49.9 Å². The van der Waals surface area contributed by atoms with E-state index in [1.54, 1.807) is 12.1 Å². The van der Waals surface area contributed by atoms with Crippen LogP contribution in [0, 0.1) is 0 Å². The fourth-order valence-corrected chi connectivity index (χ4v) is 2.40. The molecule has 2 aromatic carbocycles. The Balaban J connectivity index is 1.94. The van der Waals surface area contributed by atoms with E-state index in [9.17, 15) is 4.79 Å². The molecule has 0 bridgehead atoms. The Morgan fingerprint density at radius 1 is 1.00 bits per heavy atom. The number of rotatable bonds is 6. The highest BCUT2D eigenvalue weighted by molar-refractivity contribution is 5.98. The fourth-order valence-electron chi connectivity index (χ4n) is 2.40. The van der Waals surface area contributed by atoms with Crippen molar-refractivity contribution >= 4 is 11.7 Å². The molecule has 25 heavy (non-hydrogen) atoms. The molecule has 2 rings (SSSR count). The van der Waals surface area contributed by atoms with E-state index in [4.69, 9.17) is 9.94 Å². The standard InChI is InChI=1S/C21H25NO3/c1-15(18-9-11-19(12-10-18)21(2,3)4)22-25-14-17-7-5-16(6-8-17)13-20(23)24/h5-12H,13-14H2,1-4H3,(H,23,24). The van der Waals surface area contributed by atoms with Gasteiger partial charge in [-0.2, -0.15) is 0 Å². The summed E-state index contributed by atoms with van der Waals surface area (Å²) in [6, 6.07) is 15.7. The molecule has 132 valence electrons. The maximum Gasteiger partial charge on any atom is 0.307 e. The summed E-state index contributed by atoms with van der Waals surface area (Å²) in [5, 5.41) is 12.9. The molecule has 0 saturated carbocycles. The number of benzene rings is 2. The molecule has 2 aromatic rings. The third kappa shape index (κ3) is 5.75. The first-order valence-electron chi connectivity index (χ1n) is 8.33. The molecule has 0 unspecified atom stereocenters. The average molecular weight is 339 g/mol. The maximum atomic E-state index is 10.7. The van der Waals surface area contributed by atoms with Crippen LogP contribution in [0.4, 0.5) is 0 Å². The van der Waals surface area contributed by atoms with Gasteiger partial charge in [-0.25, -0.2) is 0 Å². The number of hydrogen-bond donors (Lipinski definition) is 1. The van der Waals surface area contributed by atoms with Gasteiger partial charge in [0.2, 0.25) is 0 Å². The van der Waals surface area contributed by atoms with Crippen molar-refractivity contribution in [3.05, 3.63) is 70.8 Å². The molecule has 0 heterocycles. The molecule has 0 saturated heterocycles. The highest BCUT2D eigenvalue weighted by atomic mass is 16.6. The number of carboxylic acid groups (broad SMARTS) is 1. The van der Waals surface area contributed by atoms with Crippen LogP contribution in [0.25, 0.3) is 0 Å². The molecule has 0 fully saturated rings. The highest BCUT2D eigenvalue weighted by Gasteiger charge is 2.13. The minimum absolute atomic E-state index is 0.0307. The molecular formula is C21H25NO3. The van der Waals surface area contributed by atoms with Gasteiger partial charge in [-0.3, -0.25) is 4.79 Å². The lowest BCUT2D eigenvalue weighted by Gasteiger charge is -2.19. The molecule has 0 radical (unpaired) electrons. The summed E-state index contributed by atoms with van der Waals surface area (Å²) >= 11 is 0. The maximum absolute atomic E-state index is 10.7. The lowest BCUT2D eigenvalue weighted by atomic mass is 9.86. The number of oxime groups is 1.